The summed E-state index contributed by atoms with van der Waals surface area (Å²) in [6.07, 6.45) is 8.17. The number of carbonyl (C=O) groups is 2. The first-order valence-electron chi connectivity index (χ1n) is 6.39. The number of nitrogens with one attached hydrogen (secondary N) is 2. The van der Waals surface area contributed by atoms with Crippen LogP contribution in [0.2, 0.25) is 0 Å². The summed E-state index contributed by atoms with van der Waals surface area (Å²) in [6.45, 7) is 0. The lowest BCUT2D eigenvalue weighted by atomic mass is 10.2. The van der Waals surface area contributed by atoms with Gasteiger partial charge in [0.1, 0.15) is 5.65 Å². The van der Waals surface area contributed by atoms with Crippen molar-refractivity contribution in [3.05, 3.63) is 30.1 Å². The number of aromatic amines is 1. The van der Waals surface area contributed by atoms with E-state index in [1.165, 1.54) is 6.08 Å². The Balaban J connectivity index is 1.89. The lowest BCUT2D eigenvalue weighted by Crippen LogP contribution is -2.13. The van der Waals surface area contributed by atoms with Gasteiger partial charge in [-0.05, 0) is 25.0 Å². The lowest BCUT2D eigenvalue weighted by molar-refractivity contribution is -0.117. The predicted molar refractivity (Wildman–Crippen MR) is 75.7 cm³/mol. The van der Waals surface area contributed by atoms with Crippen molar-refractivity contribution in [1.29, 1.82) is 0 Å². The molecule has 0 radical (unpaired) electrons. The molecule has 102 valence electrons. The SMILES string of the molecule is NC(=O)/C=C/c1c[nH]c2ncc(NC(=O)C3CC3)cc12. The van der Waals surface area contributed by atoms with Gasteiger partial charge in [0.15, 0.2) is 0 Å². The molecule has 0 aromatic carbocycles. The molecule has 20 heavy (non-hydrogen) atoms. The number of nitrogens with zero attached hydrogens (tertiary/aromatic N) is 1. The van der Waals surface area contributed by atoms with Gasteiger partial charge in [-0.25, -0.2) is 4.98 Å². The number of rotatable bonds is 4. The van der Waals surface area contributed by atoms with Gasteiger partial charge < -0.3 is 16.0 Å². The number of hydrogen-bond acceptors (Lipinski definition) is 3. The molecule has 3 rings (SSSR count). The molecule has 1 aliphatic rings. The van der Waals surface area contributed by atoms with E-state index in [-0.39, 0.29) is 11.8 Å². The number of aromatic nitrogens is 2. The summed E-state index contributed by atoms with van der Waals surface area (Å²) >= 11 is 0. The number of nitrogens with two attached hydrogens (primary N) is 1. The minimum Gasteiger partial charge on any atom is -0.366 e. The molecule has 0 saturated heterocycles. The van der Waals surface area contributed by atoms with E-state index < -0.39 is 5.91 Å². The van der Waals surface area contributed by atoms with Gasteiger partial charge in [0, 0.05) is 29.1 Å². The molecule has 6 nitrogen and oxygen atoms in total. The summed E-state index contributed by atoms with van der Waals surface area (Å²) in [6, 6.07) is 1.83. The van der Waals surface area contributed by atoms with Gasteiger partial charge in [-0.3, -0.25) is 9.59 Å². The van der Waals surface area contributed by atoms with E-state index in [0.29, 0.717) is 11.3 Å². The van der Waals surface area contributed by atoms with Crippen molar-refractivity contribution in [3.8, 4) is 0 Å². The van der Waals surface area contributed by atoms with Gasteiger partial charge in [0.05, 0.1) is 11.9 Å². The second-order valence-corrected chi connectivity index (χ2v) is 4.86. The smallest absolute Gasteiger partial charge is 0.241 e. The Hall–Kier alpha value is -2.63. The van der Waals surface area contributed by atoms with Crippen LogP contribution in [-0.2, 0) is 9.59 Å². The largest absolute Gasteiger partial charge is 0.366 e. The minimum atomic E-state index is -0.509. The Bertz CT molecular complexity index is 713. The highest BCUT2D eigenvalue weighted by atomic mass is 16.2. The average Bonchev–Trinajstić information content (AvgIpc) is 3.18. The molecule has 1 fully saturated rings. The molecule has 2 aromatic rings. The van der Waals surface area contributed by atoms with Crippen molar-refractivity contribution in [1.82, 2.24) is 9.97 Å². The van der Waals surface area contributed by atoms with Crippen molar-refractivity contribution < 1.29 is 9.59 Å². The highest BCUT2D eigenvalue weighted by Crippen LogP contribution is 2.30. The number of hydrogen-bond donors (Lipinski definition) is 3. The number of pyridine rings is 1. The van der Waals surface area contributed by atoms with E-state index in [1.54, 1.807) is 18.5 Å². The molecule has 0 unspecified atom stereocenters. The Kier molecular flexibility index (Phi) is 2.98. The fourth-order valence-corrected chi connectivity index (χ4v) is 1.99. The van der Waals surface area contributed by atoms with Gasteiger partial charge in [-0.1, -0.05) is 0 Å². The molecule has 0 aliphatic heterocycles. The molecular weight excluding hydrogens is 256 g/mol. The Labute approximate surface area is 115 Å². The zero-order valence-electron chi connectivity index (χ0n) is 10.7. The van der Waals surface area contributed by atoms with E-state index in [2.05, 4.69) is 15.3 Å². The van der Waals surface area contributed by atoms with Gasteiger partial charge in [0.2, 0.25) is 11.8 Å². The van der Waals surface area contributed by atoms with Crippen LogP contribution in [0.25, 0.3) is 17.1 Å². The summed E-state index contributed by atoms with van der Waals surface area (Å²) in [5.74, 6) is -0.326. The maximum absolute atomic E-state index is 11.7. The second-order valence-electron chi connectivity index (χ2n) is 4.86. The topological polar surface area (TPSA) is 101 Å². The molecule has 0 atom stereocenters. The normalized spacial score (nSPS) is 14.8. The maximum atomic E-state index is 11.7. The Morgan fingerprint density at radius 2 is 2.25 bits per heavy atom. The molecule has 2 aromatic heterocycles. The van der Waals surface area contributed by atoms with E-state index >= 15 is 0 Å². The number of anilines is 1. The van der Waals surface area contributed by atoms with Crippen LogP contribution in [0.3, 0.4) is 0 Å². The van der Waals surface area contributed by atoms with Gasteiger partial charge in [0.25, 0.3) is 0 Å². The van der Waals surface area contributed by atoms with Crippen LogP contribution in [0, 0.1) is 5.92 Å². The van der Waals surface area contributed by atoms with E-state index in [4.69, 9.17) is 5.73 Å². The molecule has 2 heterocycles. The van der Waals surface area contributed by atoms with Crippen LogP contribution in [0.4, 0.5) is 5.69 Å². The highest BCUT2D eigenvalue weighted by Gasteiger charge is 2.29. The Morgan fingerprint density at radius 3 is 2.95 bits per heavy atom. The molecular formula is C14H14N4O2. The number of H-pyrrole nitrogens is 1. The molecule has 0 spiro atoms. The van der Waals surface area contributed by atoms with Gasteiger partial charge >= 0.3 is 0 Å². The predicted octanol–water partition coefficient (Wildman–Crippen LogP) is 1.41. The van der Waals surface area contributed by atoms with Crippen molar-refractivity contribution >= 4 is 34.6 Å². The number of amides is 2. The third-order valence-corrected chi connectivity index (χ3v) is 3.21. The number of primary amides is 1. The van der Waals surface area contributed by atoms with Crippen molar-refractivity contribution in [2.45, 2.75) is 12.8 Å². The van der Waals surface area contributed by atoms with Gasteiger partial charge in [-0.15, -0.1) is 0 Å². The van der Waals surface area contributed by atoms with Crippen molar-refractivity contribution in [3.63, 3.8) is 0 Å². The standard InChI is InChI=1S/C14H14N4O2/c15-12(19)4-3-9-6-16-13-11(9)5-10(7-17-13)18-14(20)8-1-2-8/h3-8H,1-2H2,(H2,15,19)(H,16,17)(H,18,20)/b4-3+. The van der Waals surface area contributed by atoms with E-state index in [9.17, 15) is 9.59 Å². The van der Waals surface area contributed by atoms with Crippen LogP contribution >= 0.6 is 0 Å². The Morgan fingerprint density at radius 1 is 1.45 bits per heavy atom. The summed E-state index contributed by atoms with van der Waals surface area (Å²) in [5, 5.41) is 3.68. The zero-order valence-corrected chi connectivity index (χ0v) is 10.7. The molecule has 6 heteroatoms. The molecule has 0 bridgehead atoms. The quantitative estimate of drug-likeness (QED) is 0.732. The van der Waals surface area contributed by atoms with Crippen LogP contribution < -0.4 is 11.1 Å². The third-order valence-electron chi connectivity index (χ3n) is 3.21. The van der Waals surface area contributed by atoms with Crippen LogP contribution in [0.5, 0.6) is 0 Å². The molecule has 1 aliphatic carbocycles. The monoisotopic (exact) mass is 270 g/mol. The van der Waals surface area contributed by atoms with Crippen molar-refractivity contribution in [2.24, 2.45) is 11.7 Å². The third kappa shape index (κ3) is 2.54. The molecule has 1 saturated carbocycles. The highest BCUT2D eigenvalue weighted by molar-refractivity contribution is 5.98. The average molecular weight is 270 g/mol. The van der Waals surface area contributed by atoms with Crippen LogP contribution in [0.15, 0.2) is 24.5 Å². The molecule has 2 amide bonds. The second kappa shape index (κ2) is 4.80. The lowest BCUT2D eigenvalue weighted by Gasteiger charge is -2.03. The van der Waals surface area contributed by atoms with E-state index in [1.807, 2.05) is 6.07 Å². The first kappa shape index (κ1) is 12.4. The fraction of sp³-hybridized carbons (Fsp3) is 0.214. The van der Waals surface area contributed by atoms with Gasteiger partial charge in [-0.2, -0.15) is 0 Å². The van der Waals surface area contributed by atoms with E-state index in [0.717, 1.165) is 23.8 Å². The van der Waals surface area contributed by atoms with Crippen LogP contribution in [-0.4, -0.2) is 21.8 Å². The summed E-state index contributed by atoms with van der Waals surface area (Å²) in [5.41, 5.74) is 7.23. The summed E-state index contributed by atoms with van der Waals surface area (Å²) < 4.78 is 0. The summed E-state index contributed by atoms with van der Waals surface area (Å²) in [7, 11) is 0. The molecule has 4 N–H and O–H groups in total. The number of carbonyl (C=O) groups excluding carboxylic acids is 2. The first-order chi connectivity index (χ1) is 9.63. The maximum Gasteiger partial charge on any atom is 0.241 e. The number of fused-ring (bicyclic) bond motifs is 1. The minimum absolute atomic E-state index is 0.0379. The summed E-state index contributed by atoms with van der Waals surface area (Å²) in [4.78, 5) is 29.7. The van der Waals surface area contributed by atoms with Crippen molar-refractivity contribution in [2.75, 3.05) is 5.32 Å². The zero-order chi connectivity index (χ0) is 14.1. The van der Waals surface area contributed by atoms with Crippen LogP contribution in [0.1, 0.15) is 18.4 Å². The fourth-order valence-electron chi connectivity index (χ4n) is 1.99. The first-order valence-corrected chi connectivity index (χ1v) is 6.39.